The van der Waals surface area contributed by atoms with E-state index in [1.165, 1.54) is 80.0 Å². The van der Waals surface area contributed by atoms with Gasteiger partial charge in [0.25, 0.3) is 0 Å². The number of anilines is 8. The molecule has 2 aromatic heterocycles. The lowest BCUT2D eigenvalue weighted by molar-refractivity contribution is -0.133. The molecule has 6 aromatic carbocycles. The number of hydrogen-bond donors (Lipinski definition) is 0. The number of sulfone groups is 2. The number of hydrogen-bond acceptors (Lipinski definition) is 22. The van der Waals surface area contributed by atoms with Crippen LogP contribution < -0.4 is 39.2 Å². The van der Waals surface area contributed by atoms with Crippen LogP contribution in [0.1, 0.15) is 105 Å². The zero-order chi connectivity index (χ0) is 95.1. The monoisotopic (exact) mass is 1900 g/mol. The van der Waals surface area contributed by atoms with Gasteiger partial charge in [0.15, 0.2) is 60.2 Å². The summed E-state index contributed by atoms with van der Waals surface area (Å²) in [5, 5.41) is 7.68. The second-order valence-corrected chi connectivity index (χ2v) is 40.6. The number of amides is 7. The first-order valence-corrected chi connectivity index (χ1v) is 48.8. The van der Waals surface area contributed by atoms with Crippen molar-refractivity contribution in [2.45, 2.75) is 171 Å². The van der Waals surface area contributed by atoms with Crippen molar-refractivity contribution in [3.05, 3.63) is 168 Å². The molecule has 0 radical (unpaired) electrons. The van der Waals surface area contributed by atoms with E-state index in [1.54, 1.807) is 62.1 Å². The van der Waals surface area contributed by atoms with E-state index in [4.69, 9.17) is 23.7 Å². The van der Waals surface area contributed by atoms with E-state index in [0.717, 1.165) is 50.1 Å². The van der Waals surface area contributed by atoms with Crippen LogP contribution in [-0.2, 0) is 52.9 Å². The lowest BCUT2D eigenvalue weighted by atomic mass is 10.0. The Balaban J connectivity index is 0.000000117. The smallest absolute Gasteiger partial charge is 0.414 e. The first kappa shape index (κ1) is 93.7. The van der Waals surface area contributed by atoms with Crippen molar-refractivity contribution in [2.24, 2.45) is 17.8 Å². The molecular weight excluding hydrogens is 1800 g/mol. The molecule has 6 unspecified atom stereocenters. The number of benzene rings is 6. The van der Waals surface area contributed by atoms with Crippen molar-refractivity contribution in [2.75, 3.05) is 143 Å². The van der Waals surface area contributed by atoms with Crippen LogP contribution in [0.2, 0.25) is 0 Å². The first-order valence-electron chi connectivity index (χ1n) is 45.4. The Morgan fingerprint density at radius 1 is 0.433 bits per heavy atom. The van der Waals surface area contributed by atoms with E-state index in [2.05, 4.69) is 10.2 Å². The van der Waals surface area contributed by atoms with Crippen LogP contribution in [0.3, 0.4) is 0 Å². The van der Waals surface area contributed by atoms with Gasteiger partial charge in [0.05, 0.1) is 107 Å². The molecule has 11 atom stereocenters. The maximum absolute atomic E-state index is 14.9. The lowest BCUT2D eigenvalue weighted by Gasteiger charge is -2.36. The van der Waals surface area contributed by atoms with Gasteiger partial charge in [-0.3, -0.25) is 38.5 Å². The second-order valence-electron chi connectivity index (χ2n) is 36.2. The van der Waals surface area contributed by atoms with Gasteiger partial charge >= 0.3 is 30.5 Å². The minimum atomic E-state index is -3.37. The van der Waals surface area contributed by atoms with E-state index in [-0.39, 0.29) is 153 Å². The minimum Gasteiger partial charge on any atom is -0.444 e. The predicted octanol–water partition coefficient (Wildman–Crippen LogP) is 14.5. The molecule has 30 nitrogen and oxygen atoms in total. The van der Waals surface area contributed by atoms with Crippen LogP contribution in [0.25, 0.3) is 27.9 Å². The molecule has 3 saturated carbocycles. The standard InChI is InChI=1S/C21H23FN2O4S.C20H23F2N3O3.C18H21F2N3O3.C18H17FN4O2.C17H20F2N2O4S/c1-3-16-11-24(21(25)28-16)15-6-9-19(20(22)10-15)14-4-7-17(8-5-14)29(26,27)18-12-23(2)13-18;1-2-13-10-25(20(27)28-13)12-7-14(21)18(15(22)8-12)23-5-6-24(17-9-16(17)23)19(26)11-3-4-11;1-3-12-9-23(18(25)26-12)11-6-13(19)17(14(20)7-11)22-5-4-21(10(2)24)15-8-16(15)22;1-3-14-10-23(18(24)25-14)13-4-5-15(16(19)9-13)12-6-7-22-11(2)20-21-17(22)8-12;1-2-13-7-21(17(22)25-13)12-3-14(18)16(15(19)4-12)20-5-10-8-26(23,24)9-11(10)6-20/h4-10,16,18H,3,11-13H2,1-2H3;7-8,11,13,16-17H,2-6,9-10H2,1H3;6-7,12,15-16H,3-5,8-9H2,1-2H3;4-9,14H,3,10H2,1-2H3;3-4,10-11,13H,2,5-9H2,1H3/t16-;13-,16?,17?;12-,15?,16?;14-;10?,11?,13-/m00000/s1. The molecule has 714 valence electrons. The Kier molecular flexibility index (Phi) is 26.3. The summed E-state index contributed by atoms with van der Waals surface area (Å²) in [6, 6.07) is 26.3. The summed E-state index contributed by atoms with van der Waals surface area (Å²) >= 11 is 0. The molecule has 8 aromatic rings. The highest BCUT2D eigenvalue weighted by Gasteiger charge is 2.55. The summed E-state index contributed by atoms with van der Waals surface area (Å²) < 4.78 is 194. The number of carbonyl (C=O) groups is 7. The Labute approximate surface area is 769 Å². The Morgan fingerprint density at radius 2 is 0.806 bits per heavy atom. The van der Waals surface area contributed by atoms with E-state index in [0.29, 0.717) is 137 Å². The number of aryl methyl sites for hydroxylation is 1. The molecule has 10 aliphatic heterocycles. The molecule has 0 N–H and O–H groups in total. The third kappa shape index (κ3) is 19.0. The molecule has 10 saturated heterocycles. The Hall–Kier alpha value is -12.1. The number of nitrogens with zero attached hydrogens (tertiary/aromatic N) is 14. The third-order valence-electron chi connectivity index (χ3n) is 27.2. The molecule has 21 rings (SSSR count). The molecule has 12 heterocycles. The van der Waals surface area contributed by atoms with Crippen molar-refractivity contribution >= 4 is 113 Å². The topological polar surface area (TPSA) is 300 Å². The summed E-state index contributed by atoms with van der Waals surface area (Å²) in [6.45, 7) is 18.0. The van der Waals surface area contributed by atoms with Gasteiger partial charge in [0, 0.05) is 119 Å². The van der Waals surface area contributed by atoms with Gasteiger partial charge in [-0.05, 0) is 155 Å². The Bertz CT molecular complexity index is 6090. The highest BCUT2D eigenvalue weighted by atomic mass is 32.2. The van der Waals surface area contributed by atoms with Crippen LogP contribution >= 0.6 is 0 Å². The highest BCUT2D eigenvalue weighted by Crippen LogP contribution is 2.48. The molecular formula is C94H104F8N14O16S2. The predicted molar refractivity (Wildman–Crippen MR) is 481 cm³/mol. The molecule has 3 aliphatic carbocycles. The van der Waals surface area contributed by atoms with Crippen molar-refractivity contribution < 1.29 is 109 Å². The van der Waals surface area contributed by atoms with Gasteiger partial charge in [0.2, 0.25) is 11.8 Å². The van der Waals surface area contributed by atoms with Gasteiger partial charge in [-0.2, -0.15) is 0 Å². The minimum absolute atomic E-state index is 0.00790. The van der Waals surface area contributed by atoms with Crippen LogP contribution in [0.15, 0.2) is 120 Å². The maximum Gasteiger partial charge on any atom is 0.414 e. The fourth-order valence-electron chi connectivity index (χ4n) is 19.3. The number of aromatic nitrogens is 3. The van der Waals surface area contributed by atoms with E-state index < -0.39 is 96.7 Å². The van der Waals surface area contributed by atoms with Crippen molar-refractivity contribution in [3.63, 3.8) is 0 Å². The number of cyclic esters (lactones) is 5. The fraction of sp³-hybridized carbons (Fsp3) is 0.479. The number of halogens is 8. The maximum atomic E-state index is 14.9. The number of piperazine rings is 2. The fourth-order valence-corrected chi connectivity index (χ4v) is 23.3. The molecule has 134 heavy (non-hydrogen) atoms. The van der Waals surface area contributed by atoms with Crippen molar-refractivity contribution in [3.8, 4) is 22.3 Å². The van der Waals surface area contributed by atoms with Gasteiger partial charge < -0.3 is 53.1 Å². The van der Waals surface area contributed by atoms with E-state index in [1.807, 2.05) is 75.1 Å². The van der Waals surface area contributed by atoms with Crippen LogP contribution in [0, 0.1) is 71.2 Å². The van der Waals surface area contributed by atoms with E-state index in [9.17, 15) is 85.5 Å². The van der Waals surface area contributed by atoms with Gasteiger partial charge in [0.1, 0.15) is 65.0 Å². The summed E-state index contributed by atoms with van der Waals surface area (Å²) in [7, 11) is -4.52. The van der Waals surface area contributed by atoms with Gasteiger partial charge in [-0.15, -0.1) is 10.2 Å². The quantitative estimate of drug-likeness (QED) is 0.0569. The number of ether oxygens (including phenoxy) is 5. The zero-order valence-corrected chi connectivity index (χ0v) is 76.7. The largest absolute Gasteiger partial charge is 0.444 e. The zero-order valence-electron chi connectivity index (χ0n) is 75.1. The third-order valence-corrected chi connectivity index (χ3v) is 31.2. The number of likely N-dealkylation sites (tertiary alicyclic amines) is 1. The molecule has 0 bridgehead atoms. The number of carbonyl (C=O) groups excluding carboxylic acids is 7. The molecule has 13 aliphatic rings. The average Bonchev–Trinajstić information content (AvgIpc) is 1.59. The second kappa shape index (κ2) is 37.7. The van der Waals surface area contributed by atoms with Crippen LogP contribution in [-0.4, -0.2) is 252 Å². The Morgan fingerprint density at radius 3 is 1.18 bits per heavy atom. The van der Waals surface area contributed by atoms with Crippen LogP contribution in [0.4, 0.5) is 105 Å². The average molecular weight is 1900 g/mol. The molecule has 0 spiro atoms. The van der Waals surface area contributed by atoms with Crippen molar-refractivity contribution in [1.29, 1.82) is 0 Å². The summed E-state index contributed by atoms with van der Waals surface area (Å²) in [5.74, 6) is -4.05. The first-order chi connectivity index (χ1) is 64.0. The van der Waals surface area contributed by atoms with Gasteiger partial charge in [-0.25, -0.2) is 75.9 Å². The number of rotatable bonds is 18. The summed E-state index contributed by atoms with van der Waals surface area (Å²) in [6.07, 6.45) is 4.76. The summed E-state index contributed by atoms with van der Waals surface area (Å²) in [4.78, 5) is 101. The highest BCUT2D eigenvalue weighted by molar-refractivity contribution is 7.92. The normalized spacial score (nSPS) is 24.9. The lowest BCUT2D eigenvalue weighted by Crippen LogP contribution is -2.52. The summed E-state index contributed by atoms with van der Waals surface area (Å²) in [5.41, 5.74) is 3.87. The number of pyridine rings is 1. The molecule has 7 amide bonds. The SMILES string of the molecule is CC[C@H]1CN(c2cc(F)c(N3CC4CS(=O)(=O)CC4C3)c(F)c2)C(=O)O1.CC[C@H]1CN(c2cc(F)c(N3CCN(C(=O)C4CC4)C4CC43)c(F)c2)C(=O)O1.CC[C@H]1CN(c2cc(F)c(N3CCN(C(C)=O)C4CC43)c(F)c2)C(=O)O1.CC[C@H]1CN(c2ccc(-c3ccc(S(=O)(=O)C4CN(C)C4)cc3)c(F)c2)C(=O)O1.CC[C@H]1CN(c2ccc(-c3ccn4c(C)nnc4c3)c(F)c2)C(=O)O1. The van der Waals surface area contributed by atoms with Crippen LogP contribution in [0.5, 0.6) is 0 Å². The number of fused-ring (bicyclic) bond motifs is 4. The molecule has 40 heteroatoms. The van der Waals surface area contributed by atoms with Gasteiger partial charge in [-0.1, -0.05) is 46.8 Å². The molecule has 13 fully saturated rings. The van der Waals surface area contributed by atoms with Crippen molar-refractivity contribution in [1.82, 2.24) is 29.3 Å². The van der Waals surface area contributed by atoms with E-state index >= 15 is 0 Å².